The van der Waals surface area contributed by atoms with Gasteiger partial charge in [-0.15, -0.1) is 10.2 Å². The monoisotopic (exact) mass is 319 g/mol. The van der Waals surface area contributed by atoms with E-state index in [0.717, 1.165) is 18.4 Å². The molecule has 0 atom stereocenters. The summed E-state index contributed by atoms with van der Waals surface area (Å²) in [4.78, 5) is 0. The highest BCUT2D eigenvalue weighted by molar-refractivity contribution is 5.25. The smallest absolute Gasteiger partial charge is 0.230 e. The van der Waals surface area contributed by atoms with Gasteiger partial charge in [-0.05, 0) is 30.5 Å². The highest BCUT2D eigenvalue weighted by Gasteiger charge is 2.34. The summed E-state index contributed by atoms with van der Waals surface area (Å²) in [5, 5.41) is 11.7. The van der Waals surface area contributed by atoms with Crippen LogP contribution in [0.25, 0.3) is 0 Å². The van der Waals surface area contributed by atoms with Crippen molar-refractivity contribution in [3.8, 4) is 0 Å². The van der Waals surface area contributed by atoms with E-state index < -0.39 is 0 Å². The molecule has 1 aromatic carbocycles. The predicted octanol–water partition coefficient (Wildman–Crippen LogP) is 3.13. The number of rotatable bonds is 5. The fourth-order valence-corrected chi connectivity index (χ4v) is 2.87. The van der Waals surface area contributed by atoms with Crippen LogP contribution >= 0.6 is 0 Å². The Bertz CT molecular complexity index is 634. The lowest BCUT2D eigenvalue weighted by Gasteiger charge is -2.38. The van der Waals surface area contributed by atoms with Gasteiger partial charge < -0.3 is 9.15 Å². The first-order valence-corrected chi connectivity index (χ1v) is 8.00. The standard InChI is InChI=1S/C17H22FN3O2/c1-12(2)16-21-20-15(23-16)11-19-17(7-9-22-10-8-17)13-3-5-14(18)6-4-13/h3-6,12,19H,7-11H2,1-2H3. The lowest BCUT2D eigenvalue weighted by atomic mass is 9.82. The molecule has 124 valence electrons. The van der Waals surface area contributed by atoms with Crippen molar-refractivity contribution in [2.45, 2.75) is 44.7 Å². The highest BCUT2D eigenvalue weighted by atomic mass is 19.1. The number of halogens is 1. The number of aromatic nitrogens is 2. The van der Waals surface area contributed by atoms with Gasteiger partial charge in [-0.2, -0.15) is 0 Å². The molecule has 6 heteroatoms. The molecule has 1 aliphatic rings. The summed E-state index contributed by atoms with van der Waals surface area (Å²) in [6.07, 6.45) is 1.65. The fourth-order valence-electron chi connectivity index (χ4n) is 2.87. The van der Waals surface area contributed by atoms with E-state index in [-0.39, 0.29) is 17.3 Å². The van der Waals surface area contributed by atoms with Crippen molar-refractivity contribution in [1.29, 1.82) is 0 Å². The Balaban J connectivity index is 1.77. The SMILES string of the molecule is CC(C)c1nnc(CNC2(c3ccc(F)cc3)CCOCC2)o1. The first-order chi connectivity index (χ1) is 11.1. The molecule has 2 heterocycles. The molecule has 1 saturated heterocycles. The van der Waals surface area contributed by atoms with Crippen molar-refractivity contribution in [2.24, 2.45) is 0 Å². The van der Waals surface area contributed by atoms with E-state index in [9.17, 15) is 4.39 Å². The quantitative estimate of drug-likeness (QED) is 0.917. The molecule has 1 N–H and O–H groups in total. The van der Waals surface area contributed by atoms with Crippen molar-refractivity contribution in [2.75, 3.05) is 13.2 Å². The molecule has 1 fully saturated rings. The lowest BCUT2D eigenvalue weighted by Crippen LogP contribution is -2.46. The number of benzene rings is 1. The average Bonchev–Trinajstić information content (AvgIpc) is 3.04. The van der Waals surface area contributed by atoms with Crippen LogP contribution in [0.5, 0.6) is 0 Å². The average molecular weight is 319 g/mol. The van der Waals surface area contributed by atoms with Gasteiger partial charge in [0.2, 0.25) is 11.8 Å². The van der Waals surface area contributed by atoms with Gasteiger partial charge in [0.1, 0.15) is 5.82 Å². The van der Waals surface area contributed by atoms with E-state index in [1.807, 2.05) is 26.0 Å². The van der Waals surface area contributed by atoms with Crippen molar-refractivity contribution in [3.63, 3.8) is 0 Å². The first kappa shape index (κ1) is 16.1. The maximum Gasteiger partial charge on any atom is 0.230 e. The second kappa shape index (κ2) is 6.76. The van der Waals surface area contributed by atoms with Crippen LogP contribution in [0.4, 0.5) is 4.39 Å². The molecular formula is C17H22FN3O2. The van der Waals surface area contributed by atoms with Gasteiger partial charge in [0.25, 0.3) is 0 Å². The predicted molar refractivity (Wildman–Crippen MR) is 83.4 cm³/mol. The van der Waals surface area contributed by atoms with Crippen LogP contribution in [0, 0.1) is 5.82 Å². The summed E-state index contributed by atoms with van der Waals surface area (Å²) in [5.74, 6) is 1.20. The van der Waals surface area contributed by atoms with E-state index in [4.69, 9.17) is 9.15 Å². The maximum absolute atomic E-state index is 13.2. The largest absolute Gasteiger partial charge is 0.424 e. The van der Waals surface area contributed by atoms with Crippen LogP contribution in [0.1, 0.15) is 50.0 Å². The topological polar surface area (TPSA) is 60.2 Å². The summed E-state index contributed by atoms with van der Waals surface area (Å²) < 4.78 is 24.4. The third-order valence-electron chi connectivity index (χ3n) is 4.30. The van der Waals surface area contributed by atoms with E-state index in [1.165, 1.54) is 12.1 Å². The Morgan fingerprint density at radius 1 is 1.17 bits per heavy atom. The Hall–Kier alpha value is -1.79. The summed E-state index contributed by atoms with van der Waals surface area (Å²) in [6.45, 7) is 5.86. The van der Waals surface area contributed by atoms with Gasteiger partial charge in [-0.25, -0.2) is 4.39 Å². The zero-order valence-electron chi connectivity index (χ0n) is 13.5. The van der Waals surface area contributed by atoms with E-state index >= 15 is 0 Å². The second-order valence-electron chi connectivity index (χ2n) is 6.24. The Kier molecular flexibility index (Phi) is 4.73. The van der Waals surface area contributed by atoms with E-state index in [2.05, 4.69) is 15.5 Å². The van der Waals surface area contributed by atoms with Crippen LogP contribution in [-0.2, 0) is 16.8 Å². The lowest BCUT2D eigenvalue weighted by molar-refractivity contribution is 0.0347. The summed E-state index contributed by atoms with van der Waals surface area (Å²) in [6, 6.07) is 6.66. The first-order valence-electron chi connectivity index (χ1n) is 8.00. The van der Waals surface area contributed by atoms with E-state index in [1.54, 1.807) is 0 Å². The summed E-state index contributed by atoms with van der Waals surface area (Å²) in [7, 11) is 0. The normalized spacial score (nSPS) is 17.6. The third kappa shape index (κ3) is 3.59. The molecule has 0 amide bonds. The number of hydrogen-bond acceptors (Lipinski definition) is 5. The number of ether oxygens (including phenoxy) is 1. The van der Waals surface area contributed by atoms with Crippen molar-refractivity contribution in [1.82, 2.24) is 15.5 Å². The number of nitrogens with one attached hydrogen (secondary N) is 1. The van der Waals surface area contributed by atoms with Gasteiger partial charge in [0.05, 0.1) is 6.54 Å². The van der Waals surface area contributed by atoms with Crippen LogP contribution in [0.2, 0.25) is 0 Å². The van der Waals surface area contributed by atoms with Crippen LogP contribution in [0.3, 0.4) is 0 Å². The molecule has 0 unspecified atom stereocenters. The molecule has 2 aromatic rings. The van der Waals surface area contributed by atoms with Gasteiger partial charge in [0, 0.05) is 24.7 Å². The molecule has 1 aliphatic heterocycles. The zero-order chi connectivity index (χ0) is 16.3. The number of nitrogens with zero attached hydrogens (tertiary/aromatic N) is 2. The van der Waals surface area contributed by atoms with Crippen LogP contribution < -0.4 is 5.32 Å². The highest BCUT2D eigenvalue weighted by Crippen LogP contribution is 2.32. The van der Waals surface area contributed by atoms with Crippen LogP contribution in [-0.4, -0.2) is 23.4 Å². The minimum Gasteiger partial charge on any atom is -0.424 e. The van der Waals surface area contributed by atoms with Crippen molar-refractivity contribution >= 4 is 0 Å². The Labute approximate surface area is 135 Å². The third-order valence-corrected chi connectivity index (χ3v) is 4.30. The van der Waals surface area contributed by atoms with Crippen molar-refractivity contribution < 1.29 is 13.5 Å². The molecule has 0 radical (unpaired) electrons. The van der Waals surface area contributed by atoms with Gasteiger partial charge >= 0.3 is 0 Å². The number of hydrogen-bond donors (Lipinski definition) is 1. The van der Waals surface area contributed by atoms with Crippen molar-refractivity contribution in [3.05, 3.63) is 47.4 Å². The Morgan fingerprint density at radius 2 is 1.87 bits per heavy atom. The summed E-state index contributed by atoms with van der Waals surface area (Å²) >= 11 is 0. The molecule has 0 spiro atoms. The molecule has 0 aliphatic carbocycles. The fraction of sp³-hybridized carbons (Fsp3) is 0.529. The summed E-state index contributed by atoms with van der Waals surface area (Å²) in [5.41, 5.74) is 0.809. The maximum atomic E-state index is 13.2. The molecule has 3 rings (SSSR count). The minimum atomic E-state index is -0.252. The molecular weight excluding hydrogens is 297 g/mol. The minimum absolute atomic E-state index is 0.213. The van der Waals surface area contributed by atoms with Gasteiger partial charge in [-0.1, -0.05) is 26.0 Å². The molecule has 1 aromatic heterocycles. The zero-order valence-corrected chi connectivity index (χ0v) is 13.5. The molecule has 23 heavy (non-hydrogen) atoms. The Morgan fingerprint density at radius 3 is 2.48 bits per heavy atom. The molecule has 0 bridgehead atoms. The van der Waals surface area contributed by atoms with E-state index in [0.29, 0.717) is 31.5 Å². The van der Waals surface area contributed by atoms with Crippen LogP contribution in [0.15, 0.2) is 28.7 Å². The second-order valence-corrected chi connectivity index (χ2v) is 6.24. The molecule has 5 nitrogen and oxygen atoms in total. The molecule has 0 saturated carbocycles. The van der Waals surface area contributed by atoms with Gasteiger partial charge in [0.15, 0.2) is 0 Å². The van der Waals surface area contributed by atoms with Gasteiger partial charge in [-0.3, -0.25) is 5.32 Å².